The highest BCUT2D eigenvalue weighted by Gasteiger charge is 2.38. The molecule has 0 bridgehead atoms. The van der Waals surface area contributed by atoms with Crippen molar-refractivity contribution in [2.45, 2.75) is 38.1 Å². The van der Waals surface area contributed by atoms with Crippen LogP contribution in [0.2, 0.25) is 0 Å². The fourth-order valence-corrected chi connectivity index (χ4v) is 3.19. The Labute approximate surface area is 99.1 Å². The summed E-state index contributed by atoms with van der Waals surface area (Å²) in [5.74, 6) is 0.629. The molecule has 1 aromatic heterocycles. The highest BCUT2D eigenvalue weighted by molar-refractivity contribution is 5.96. The maximum atomic E-state index is 12.3. The molecule has 2 atom stereocenters. The van der Waals surface area contributed by atoms with Gasteiger partial charge in [0, 0.05) is 12.6 Å². The molecule has 2 N–H and O–H groups in total. The number of carbonyl (C=O) groups is 1. The van der Waals surface area contributed by atoms with E-state index in [1.165, 1.54) is 19.3 Å². The molecule has 0 spiro atoms. The number of anilines is 1. The van der Waals surface area contributed by atoms with E-state index in [1.54, 1.807) is 0 Å². The van der Waals surface area contributed by atoms with Crippen LogP contribution < -0.4 is 5.73 Å². The van der Waals surface area contributed by atoms with Gasteiger partial charge in [0.25, 0.3) is 5.91 Å². The molecule has 1 aromatic rings. The Morgan fingerprint density at radius 2 is 2.12 bits per heavy atom. The molecule has 17 heavy (non-hydrogen) atoms. The molecular weight excluding hydrogens is 220 g/mol. The van der Waals surface area contributed by atoms with Crippen molar-refractivity contribution in [1.82, 2.24) is 15.2 Å². The van der Waals surface area contributed by atoms with E-state index in [-0.39, 0.29) is 17.4 Å². The zero-order chi connectivity index (χ0) is 11.8. The molecule has 6 heteroatoms. The van der Waals surface area contributed by atoms with Gasteiger partial charge in [-0.2, -0.15) is 0 Å². The number of hydrogen-bond acceptors (Lipinski definition) is 5. The summed E-state index contributed by atoms with van der Waals surface area (Å²) >= 11 is 0. The van der Waals surface area contributed by atoms with Gasteiger partial charge in [-0.3, -0.25) is 4.79 Å². The average molecular weight is 236 g/mol. The van der Waals surface area contributed by atoms with Gasteiger partial charge in [-0.1, -0.05) is 6.42 Å². The van der Waals surface area contributed by atoms with Crippen molar-refractivity contribution < 1.29 is 9.42 Å². The van der Waals surface area contributed by atoms with Crippen LogP contribution in [0.5, 0.6) is 0 Å². The Bertz CT molecular complexity index is 431. The second kappa shape index (κ2) is 4.01. The first-order valence-corrected chi connectivity index (χ1v) is 6.16. The predicted octanol–water partition coefficient (Wildman–Crippen LogP) is 1.06. The van der Waals surface area contributed by atoms with Crippen LogP contribution >= 0.6 is 0 Å². The van der Waals surface area contributed by atoms with Crippen LogP contribution in [0.15, 0.2) is 4.63 Å². The smallest absolute Gasteiger partial charge is 0.280 e. The molecule has 92 valence electrons. The van der Waals surface area contributed by atoms with Crippen LogP contribution in [-0.4, -0.2) is 33.7 Å². The summed E-state index contributed by atoms with van der Waals surface area (Å²) in [6, 6.07) is 0.368. The molecule has 0 radical (unpaired) electrons. The van der Waals surface area contributed by atoms with Crippen LogP contribution in [0.3, 0.4) is 0 Å². The molecule has 1 aliphatic heterocycles. The number of nitrogen functional groups attached to an aromatic ring is 1. The minimum absolute atomic E-state index is 0.0927. The molecule has 0 aromatic carbocycles. The molecular formula is C11H16N4O2. The summed E-state index contributed by atoms with van der Waals surface area (Å²) in [7, 11) is 0. The first-order valence-electron chi connectivity index (χ1n) is 6.16. The van der Waals surface area contributed by atoms with Gasteiger partial charge >= 0.3 is 0 Å². The Hall–Kier alpha value is -1.59. The summed E-state index contributed by atoms with van der Waals surface area (Å²) in [6.07, 6.45) is 5.85. The summed E-state index contributed by atoms with van der Waals surface area (Å²) in [4.78, 5) is 14.2. The van der Waals surface area contributed by atoms with Gasteiger partial charge in [-0.15, -0.1) is 0 Å². The number of hydrogen-bond donors (Lipinski definition) is 1. The molecule has 3 rings (SSSR count). The van der Waals surface area contributed by atoms with Crippen molar-refractivity contribution in [2.24, 2.45) is 5.92 Å². The highest BCUT2D eigenvalue weighted by Crippen LogP contribution is 2.37. The normalized spacial score (nSPS) is 28.1. The van der Waals surface area contributed by atoms with Crippen LogP contribution in [0, 0.1) is 5.92 Å². The van der Waals surface area contributed by atoms with Crippen molar-refractivity contribution in [3.05, 3.63) is 5.69 Å². The third-order valence-corrected chi connectivity index (χ3v) is 3.97. The molecule has 2 unspecified atom stereocenters. The van der Waals surface area contributed by atoms with E-state index in [1.807, 2.05) is 4.90 Å². The largest absolute Gasteiger partial charge is 0.379 e. The Morgan fingerprint density at radius 3 is 2.88 bits per heavy atom. The number of amides is 1. The van der Waals surface area contributed by atoms with Gasteiger partial charge in [0.05, 0.1) is 0 Å². The second-order valence-corrected chi connectivity index (χ2v) is 4.90. The van der Waals surface area contributed by atoms with E-state index in [4.69, 9.17) is 5.73 Å². The number of fused-ring (bicyclic) bond motifs is 1. The van der Waals surface area contributed by atoms with Gasteiger partial charge < -0.3 is 10.6 Å². The second-order valence-electron chi connectivity index (χ2n) is 4.90. The third-order valence-electron chi connectivity index (χ3n) is 3.97. The number of nitrogens with two attached hydrogens (primary N) is 1. The quantitative estimate of drug-likeness (QED) is 0.787. The monoisotopic (exact) mass is 236 g/mol. The van der Waals surface area contributed by atoms with Gasteiger partial charge in [0.2, 0.25) is 11.5 Å². The number of aromatic nitrogens is 2. The molecule has 2 aliphatic rings. The first-order chi connectivity index (χ1) is 8.27. The van der Waals surface area contributed by atoms with E-state index in [0.29, 0.717) is 12.0 Å². The van der Waals surface area contributed by atoms with E-state index in [2.05, 4.69) is 14.9 Å². The Kier molecular flexibility index (Phi) is 2.49. The summed E-state index contributed by atoms with van der Waals surface area (Å²) < 4.78 is 4.50. The molecule has 1 aliphatic carbocycles. The van der Waals surface area contributed by atoms with E-state index >= 15 is 0 Å². The first kappa shape index (κ1) is 10.6. The van der Waals surface area contributed by atoms with E-state index in [9.17, 15) is 4.79 Å². The van der Waals surface area contributed by atoms with Gasteiger partial charge in [-0.05, 0) is 41.9 Å². The predicted molar refractivity (Wildman–Crippen MR) is 60.1 cm³/mol. The standard InChI is InChI=1S/C11H16N4O2/c12-10-9(13-17-14-10)11(16)15-6-2-4-7-3-1-5-8(7)15/h7-8H,1-6H2,(H2,12,14). The number of carbonyl (C=O) groups excluding carboxylic acids is 1. The molecule has 2 fully saturated rings. The van der Waals surface area contributed by atoms with Crippen LogP contribution in [0.25, 0.3) is 0 Å². The lowest BCUT2D eigenvalue weighted by atomic mass is 9.92. The molecule has 1 amide bonds. The van der Waals surface area contributed by atoms with Crippen molar-refractivity contribution in [3.8, 4) is 0 Å². The lowest BCUT2D eigenvalue weighted by molar-refractivity contribution is 0.0538. The van der Waals surface area contributed by atoms with Crippen molar-refractivity contribution in [1.29, 1.82) is 0 Å². The topological polar surface area (TPSA) is 85.2 Å². The van der Waals surface area contributed by atoms with Gasteiger partial charge in [0.15, 0.2) is 0 Å². The van der Waals surface area contributed by atoms with Crippen molar-refractivity contribution in [3.63, 3.8) is 0 Å². The van der Waals surface area contributed by atoms with Gasteiger partial charge in [0.1, 0.15) is 0 Å². The highest BCUT2D eigenvalue weighted by atomic mass is 16.6. The lowest BCUT2D eigenvalue weighted by Gasteiger charge is -2.37. The fraction of sp³-hybridized carbons (Fsp3) is 0.727. The van der Waals surface area contributed by atoms with Crippen LogP contribution in [-0.2, 0) is 0 Å². The average Bonchev–Trinajstić information content (AvgIpc) is 2.95. The Morgan fingerprint density at radius 1 is 1.29 bits per heavy atom. The molecule has 6 nitrogen and oxygen atoms in total. The zero-order valence-electron chi connectivity index (χ0n) is 9.63. The van der Waals surface area contributed by atoms with Crippen LogP contribution in [0.4, 0.5) is 5.82 Å². The number of nitrogens with zero attached hydrogens (tertiary/aromatic N) is 3. The SMILES string of the molecule is Nc1nonc1C(=O)N1CCCC2CCCC21. The number of piperidine rings is 1. The van der Waals surface area contributed by atoms with Crippen LogP contribution in [0.1, 0.15) is 42.6 Å². The summed E-state index contributed by atoms with van der Waals surface area (Å²) in [5.41, 5.74) is 5.73. The summed E-state index contributed by atoms with van der Waals surface area (Å²) in [5, 5.41) is 7.06. The Balaban J connectivity index is 1.83. The minimum atomic E-state index is -0.125. The molecule has 2 heterocycles. The maximum absolute atomic E-state index is 12.3. The minimum Gasteiger partial charge on any atom is -0.379 e. The zero-order valence-corrected chi connectivity index (χ0v) is 9.63. The molecule has 1 saturated carbocycles. The lowest BCUT2D eigenvalue weighted by Crippen LogP contribution is -2.46. The molecule has 1 saturated heterocycles. The summed E-state index contributed by atoms with van der Waals surface area (Å²) in [6.45, 7) is 0.798. The van der Waals surface area contributed by atoms with Crippen molar-refractivity contribution in [2.75, 3.05) is 12.3 Å². The number of rotatable bonds is 1. The van der Waals surface area contributed by atoms with Gasteiger partial charge in [-0.25, -0.2) is 4.63 Å². The fourth-order valence-electron chi connectivity index (χ4n) is 3.19. The van der Waals surface area contributed by atoms with E-state index in [0.717, 1.165) is 19.4 Å². The third kappa shape index (κ3) is 1.67. The maximum Gasteiger partial charge on any atom is 0.280 e. The number of likely N-dealkylation sites (tertiary alicyclic amines) is 1. The van der Waals surface area contributed by atoms with E-state index < -0.39 is 0 Å². The van der Waals surface area contributed by atoms with Crippen molar-refractivity contribution >= 4 is 11.7 Å².